The van der Waals surface area contributed by atoms with Crippen LogP contribution in [-0.2, 0) is 0 Å². The summed E-state index contributed by atoms with van der Waals surface area (Å²) in [6.07, 6.45) is 18.1. The van der Waals surface area contributed by atoms with Crippen molar-refractivity contribution in [3.8, 4) is 0 Å². The maximum Gasteiger partial charge on any atom is 0.437 e. The molecule has 0 saturated heterocycles. The second-order valence-electron chi connectivity index (χ2n) is 6.73. The van der Waals surface area contributed by atoms with E-state index < -0.39 is 10.8 Å². The molecule has 2 N–H and O–H groups in total. The zero-order valence-corrected chi connectivity index (χ0v) is 15.0. The second kappa shape index (κ2) is 14.9. The normalized spacial score (nSPS) is 11.8. The molecule has 0 radical (unpaired) electrons. The third-order valence-corrected chi connectivity index (χ3v) is 4.41. The minimum atomic E-state index is -2.74. The van der Waals surface area contributed by atoms with E-state index >= 15 is 0 Å². The van der Waals surface area contributed by atoms with Crippen LogP contribution in [-0.4, -0.2) is 21.0 Å². The van der Waals surface area contributed by atoms with Gasteiger partial charge in [-0.1, -0.05) is 96.8 Å². The fourth-order valence-electron chi connectivity index (χ4n) is 2.82. The Kier molecular flexibility index (Phi) is 14.4. The molecule has 0 unspecified atom stereocenters. The number of hydrogen-bond donors (Lipinski definition) is 2. The first-order valence-electron chi connectivity index (χ1n) is 9.60. The first kappa shape index (κ1) is 22.3. The fourth-order valence-corrected chi connectivity index (χ4v) is 2.82. The lowest BCUT2D eigenvalue weighted by atomic mass is 10.0. The van der Waals surface area contributed by atoms with Gasteiger partial charge in [0.15, 0.2) is 0 Å². The largest absolute Gasteiger partial charge is 0.437 e. The van der Waals surface area contributed by atoms with Crippen molar-refractivity contribution in [2.45, 2.75) is 116 Å². The smallest absolute Gasteiger partial charge is 0.307 e. The van der Waals surface area contributed by atoms with E-state index in [1.54, 1.807) is 0 Å². The van der Waals surface area contributed by atoms with Crippen LogP contribution in [0, 0.1) is 10.1 Å². The summed E-state index contributed by atoms with van der Waals surface area (Å²) in [5.74, 6) is -2.74. The van der Waals surface area contributed by atoms with E-state index in [0.717, 1.165) is 19.3 Å². The Bertz CT molecular complexity index is 282. The third kappa shape index (κ3) is 14.6. The molecule has 0 rings (SSSR count). The summed E-state index contributed by atoms with van der Waals surface area (Å²) in [6, 6.07) is 0. The highest BCUT2D eigenvalue weighted by Gasteiger charge is 2.36. The lowest BCUT2D eigenvalue weighted by Crippen LogP contribution is -2.37. The first-order chi connectivity index (χ1) is 11.0. The Morgan fingerprint density at radius 1 is 0.696 bits per heavy atom. The van der Waals surface area contributed by atoms with Crippen molar-refractivity contribution in [3.63, 3.8) is 0 Å². The zero-order chi connectivity index (χ0) is 17.4. The van der Waals surface area contributed by atoms with Crippen molar-refractivity contribution in [1.29, 1.82) is 0 Å². The molecule has 0 aliphatic heterocycles. The summed E-state index contributed by atoms with van der Waals surface area (Å²) in [5.41, 5.74) is 0. The predicted octanol–water partition coefficient (Wildman–Crippen LogP) is 5.16. The average molecular weight is 331 g/mol. The Morgan fingerprint density at radius 2 is 1.00 bits per heavy atom. The number of hydrogen-bond acceptors (Lipinski definition) is 4. The number of unbranched alkanes of at least 4 members (excludes halogenated alkanes) is 14. The lowest BCUT2D eigenvalue weighted by molar-refractivity contribution is -0.684. The van der Waals surface area contributed by atoms with Gasteiger partial charge in [0, 0.05) is 0 Å². The third-order valence-electron chi connectivity index (χ3n) is 4.41. The first-order valence-corrected chi connectivity index (χ1v) is 9.60. The van der Waals surface area contributed by atoms with Gasteiger partial charge in [0.1, 0.15) is 0 Å². The van der Waals surface area contributed by atoms with E-state index in [9.17, 15) is 10.1 Å². The summed E-state index contributed by atoms with van der Waals surface area (Å²) in [4.78, 5) is 9.27. The quantitative estimate of drug-likeness (QED) is 0.167. The molecular weight excluding hydrogens is 294 g/mol. The molecule has 0 atom stereocenters. The van der Waals surface area contributed by atoms with Gasteiger partial charge in [-0.05, 0) is 6.42 Å². The van der Waals surface area contributed by atoms with Gasteiger partial charge in [-0.15, -0.1) is 0 Å². The Morgan fingerprint density at radius 3 is 1.30 bits per heavy atom. The molecule has 0 amide bonds. The minimum absolute atomic E-state index is 0.182. The van der Waals surface area contributed by atoms with Crippen molar-refractivity contribution < 1.29 is 15.1 Å². The van der Waals surface area contributed by atoms with Crippen LogP contribution in [0.4, 0.5) is 0 Å². The molecule has 0 spiro atoms. The molecule has 0 saturated carbocycles. The summed E-state index contributed by atoms with van der Waals surface area (Å²) < 4.78 is 0. The summed E-state index contributed by atoms with van der Waals surface area (Å²) >= 11 is 0. The van der Waals surface area contributed by atoms with Crippen LogP contribution in [0.2, 0.25) is 0 Å². The molecule has 0 aliphatic rings. The highest BCUT2D eigenvalue weighted by molar-refractivity contribution is 4.53. The van der Waals surface area contributed by atoms with E-state index in [1.807, 2.05) is 0 Å². The van der Waals surface area contributed by atoms with Gasteiger partial charge in [0.2, 0.25) is 0 Å². The topological polar surface area (TPSA) is 83.6 Å². The molecule has 0 aliphatic carbocycles. The Labute approximate surface area is 141 Å². The molecular formula is C18H37NO4. The van der Waals surface area contributed by atoms with Gasteiger partial charge in [-0.25, -0.2) is 0 Å². The van der Waals surface area contributed by atoms with Crippen molar-refractivity contribution in [1.82, 2.24) is 0 Å². The highest BCUT2D eigenvalue weighted by Crippen LogP contribution is 2.16. The summed E-state index contributed by atoms with van der Waals surface area (Å²) in [5, 5.41) is 28.4. The van der Waals surface area contributed by atoms with Crippen molar-refractivity contribution in [2.75, 3.05) is 0 Å². The Hall–Kier alpha value is -0.680. The predicted molar refractivity (Wildman–Crippen MR) is 93.7 cm³/mol. The second-order valence-corrected chi connectivity index (χ2v) is 6.73. The van der Waals surface area contributed by atoms with E-state index in [0.29, 0.717) is 6.42 Å². The molecule has 0 aromatic carbocycles. The maximum atomic E-state index is 10.3. The van der Waals surface area contributed by atoms with Gasteiger partial charge in [-0.3, -0.25) is 10.1 Å². The van der Waals surface area contributed by atoms with Crippen LogP contribution in [0.25, 0.3) is 0 Å². The van der Waals surface area contributed by atoms with E-state index in [-0.39, 0.29) is 6.42 Å². The van der Waals surface area contributed by atoms with Crippen LogP contribution >= 0.6 is 0 Å². The fraction of sp³-hybridized carbons (Fsp3) is 1.00. The molecule has 5 heteroatoms. The van der Waals surface area contributed by atoms with Crippen LogP contribution in [0.1, 0.15) is 110 Å². The van der Waals surface area contributed by atoms with Gasteiger partial charge in [0.25, 0.3) is 0 Å². The minimum Gasteiger partial charge on any atom is -0.307 e. The molecule has 23 heavy (non-hydrogen) atoms. The Balaban J connectivity index is 3.15. The molecule has 0 bridgehead atoms. The number of nitro groups is 1. The van der Waals surface area contributed by atoms with E-state index in [1.165, 1.54) is 70.6 Å². The van der Waals surface area contributed by atoms with Gasteiger partial charge >= 0.3 is 5.91 Å². The number of rotatable bonds is 17. The SMILES string of the molecule is CCCCCCCCCCCCCCCCCC(O)(O)[N+](=O)[O-]. The standard InChI is InChI=1S/C18H37NO4/c1-2-3-4-5-6-7-8-9-10-11-12-13-14-15-16-17-18(20,21)19(22)23/h20-21H,2-17H2,1H3. The lowest BCUT2D eigenvalue weighted by Gasteiger charge is -2.11. The van der Waals surface area contributed by atoms with E-state index in [4.69, 9.17) is 10.2 Å². The van der Waals surface area contributed by atoms with Crippen LogP contribution in [0.15, 0.2) is 0 Å². The maximum absolute atomic E-state index is 10.3. The summed E-state index contributed by atoms with van der Waals surface area (Å²) in [7, 11) is 0. The monoisotopic (exact) mass is 331 g/mol. The van der Waals surface area contributed by atoms with Crippen LogP contribution in [0.3, 0.4) is 0 Å². The van der Waals surface area contributed by atoms with Crippen LogP contribution < -0.4 is 0 Å². The van der Waals surface area contributed by atoms with Crippen molar-refractivity contribution >= 4 is 0 Å². The van der Waals surface area contributed by atoms with Gasteiger partial charge in [0.05, 0.1) is 11.3 Å². The number of aliphatic hydroxyl groups is 2. The van der Waals surface area contributed by atoms with Gasteiger partial charge < -0.3 is 10.2 Å². The zero-order valence-electron chi connectivity index (χ0n) is 15.0. The summed E-state index contributed by atoms with van der Waals surface area (Å²) in [6.45, 7) is 2.25. The average Bonchev–Trinajstić information content (AvgIpc) is 2.51. The number of nitrogens with zero attached hydrogens (tertiary/aromatic N) is 1. The molecule has 5 nitrogen and oxygen atoms in total. The molecule has 138 valence electrons. The molecule has 0 aromatic heterocycles. The molecule has 0 fully saturated rings. The van der Waals surface area contributed by atoms with Gasteiger partial charge in [-0.2, -0.15) is 0 Å². The van der Waals surface area contributed by atoms with E-state index in [2.05, 4.69) is 6.92 Å². The van der Waals surface area contributed by atoms with Crippen LogP contribution in [0.5, 0.6) is 0 Å². The van der Waals surface area contributed by atoms with Crippen molar-refractivity contribution in [2.24, 2.45) is 0 Å². The molecule has 0 aromatic rings. The van der Waals surface area contributed by atoms with Crippen molar-refractivity contribution in [3.05, 3.63) is 10.1 Å². The highest BCUT2D eigenvalue weighted by atomic mass is 16.7. The molecule has 0 heterocycles.